The second-order valence-corrected chi connectivity index (χ2v) is 9.84. The van der Waals surface area contributed by atoms with E-state index < -0.39 is 31.7 Å². The average molecular weight is 442 g/mol. The molecule has 1 heterocycles. The summed E-state index contributed by atoms with van der Waals surface area (Å²) in [4.78, 5) is 4.72. The molecule has 0 unspecified atom stereocenters. The fourth-order valence-electron chi connectivity index (χ4n) is 3.49. The molecule has 0 saturated carbocycles. The van der Waals surface area contributed by atoms with Gasteiger partial charge >= 0.3 is 0 Å². The zero-order chi connectivity index (χ0) is 21.5. The van der Waals surface area contributed by atoms with E-state index >= 15 is 0 Å². The number of rotatable bonds is 5. The molecule has 1 aromatic heterocycles. The van der Waals surface area contributed by atoms with Crippen molar-refractivity contribution in [3.8, 4) is 11.3 Å². The number of para-hydroxylation sites is 1. The summed E-state index contributed by atoms with van der Waals surface area (Å²) in [5, 5.41) is 2.45. The molecule has 154 valence electrons. The van der Waals surface area contributed by atoms with Crippen LogP contribution in [0.2, 0.25) is 0 Å². The maximum absolute atomic E-state index is 11.3. The molecule has 0 aliphatic heterocycles. The molecule has 0 bridgehead atoms. The first-order valence-electron chi connectivity index (χ1n) is 8.88. The summed E-state index contributed by atoms with van der Waals surface area (Å²) in [6.45, 7) is 0. The molecular formula is C21H16NO6S2-. The zero-order valence-corrected chi connectivity index (χ0v) is 17.2. The molecule has 0 radical (unpaired) electrons. The van der Waals surface area contributed by atoms with Crippen molar-refractivity contribution in [1.29, 1.82) is 0 Å². The Labute approximate surface area is 173 Å². The lowest BCUT2D eigenvalue weighted by molar-refractivity contribution is 0.461. The van der Waals surface area contributed by atoms with Crippen LogP contribution in [0.25, 0.3) is 32.9 Å². The van der Waals surface area contributed by atoms with Gasteiger partial charge in [0, 0.05) is 16.3 Å². The quantitative estimate of drug-likeness (QED) is 0.370. The standard InChI is InChI=1S/C21H17NO6S2/c23-29(24,25)12-14-5-8-16(9-6-14)21-19-11-15(13-30(26,27)28)7-10-17(19)18-3-1-2-4-20(18)22-21/h1-11H,12-13H2,(H,23,24,25)(H,26,27,28)/p-1. The third-order valence-electron chi connectivity index (χ3n) is 4.69. The summed E-state index contributed by atoms with van der Waals surface area (Å²) in [6.07, 6.45) is 0. The molecule has 4 rings (SSSR count). The lowest BCUT2D eigenvalue weighted by Crippen LogP contribution is -2.02. The van der Waals surface area contributed by atoms with Crippen molar-refractivity contribution in [3.05, 3.63) is 77.9 Å². The molecule has 0 amide bonds. The topological polar surface area (TPSA) is 124 Å². The molecule has 1 N–H and O–H groups in total. The van der Waals surface area contributed by atoms with Crippen LogP contribution in [0.4, 0.5) is 0 Å². The molecule has 0 fully saturated rings. The Bertz CT molecular complexity index is 1480. The first-order valence-corrected chi connectivity index (χ1v) is 12.1. The van der Waals surface area contributed by atoms with Crippen molar-refractivity contribution in [1.82, 2.24) is 4.98 Å². The number of hydrogen-bond acceptors (Lipinski definition) is 6. The van der Waals surface area contributed by atoms with E-state index in [4.69, 9.17) is 4.98 Å². The van der Waals surface area contributed by atoms with Gasteiger partial charge in [-0.1, -0.05) is 54.6 Å². The minimum Gasteiger partial charge on any atom is -0.748 e. The number of fused-ring (bicyclic) bond motifs is 3. The zero-order valence-electron chi connectivity index (χ0n) is 15.5. The maximum Gasteiger partial charge on any atom is 0.269 e. The number of benzene rings is 3. The number of pyridine rings is 1. The van der Waals surface area contributed by atoms with E-state index in [1.165, 1.54) is 0 Å². The van der Waals surface area contributed by atoms with Crippen LogP contribution in [0, 0.1) is 0 Å². The van der Waals surface area contributed by atoms with Gasteiger partial charge in [0.15, 0.2) is 0 Å². The first kappa shape index (κ1) is 20.4. The predicted octanol–water partition coefficient (Wildman–Crippen LogP) is 3.49. The summed E-state index contributed by atoms with van der Waals surface area (Å²) < 4.78 is 64.8. The molecule has 0 saturated heterocycles. The van der Waals surface area contributed by atoms with E-state index in [2.05, 4.69) is 0 Å². The Morgan fingerprint density at radius 1 is 0.767 bits per heavy atom. The van der Waals surface area contributed by atoms with Gasteiger partial charge in [-0.15, -0.1) is 0 Å². The predicted molar refractivity (Wildman–Crippen MR) is 113 cm³/mol. The Hall–Kier alpha value is -2.85. The second kappa shape index (κ2) is 7.44. The maximum atomic E-state index is 11.3. The number of aromatic nitrogens is 1. The second-order valence-electron chi connectivity index (χ2n) is 6.98. The summed E-state index contributed by atoms with van der Waals surface area (Å²) in [6, 6.07) is 19.1. The molecule has 7 nitrogen and oxygen atoms in total. The molecule has 4 aromatic rings. The molecule has 0 aliphatic rings. The number of hydrogen-bond donors (Lipinski definition) is 1. The first-order chi connectivity index (χ1) is 14.1. The normalized spacial score (nSPS) is 12.5. The molecule has 0 aliphatic carbocycles. The molecule has 9 heteroatoms. The largest absolute Gasteiger partial charge is 0.748 e. The van der Waals surface area contributed by atoms with Gasteiger partial charge in [0.05, 0.1) is 27.1 Å². The fourth-order valence-corrected chi connectivity index (χ4v) is 4.69. The highest BCUT2D eigenvalue weighted by Crippen LogP contribution is 2.33. The minimum atomic E-state index is -4.39. The Kier molecular flexibility index (Phi) is 5.07. The van der Waals surface area contributed by atoms with Crippen LogP contribution in [-0.4, -0.2) is 30.9 Å². The van der Waals surface area contributed by atoms with Gasteiger partial charge in [0.1, 0.15) is 5.75 Å². The van der Waals surface area contributed by atoms with Crippen molar-refractivity contribution in [2.24, 2.45) is 0 Å². The fraction of sp³-hybridized carbons (Fsp3) is 0.0952. The molecule has 3 aromatic carbocycles. The molecule has 0 spiro atoms. The average Bonchev–Trinajstić information content (AvgIpc) is 2.65. The lowest BCUT2D eigenvalue weighted by atomic mass is 9.98. The summed E-state index contributed by atoms with van der Waals surface area (Å²) in [5.41, 5.74) is 2.79. The molecular weight excluding hydrogens is 426 g/mol. The highest BCUT2D eigenvalue weighted by molar-refractivity contribution is 7.85. The van der Waals surface area contributed by atoms with Crippen LogP contribution in [0.15, 0.2) is 66.7 Å². The smallest absolute Gasteiger partial charge is 0.269 e. The number of nitrogens with zero attached hydrogens (tertiary/aromatic N) is 1. The van der Waals surface area contributed by atoms with Gasteiger partial charge in [-0.25, -0.2) is 13.4 Å². The van der Waals surface area contributed by atoms with E-state index in [1.54, 1.807) is 42.5 Å². The van der Waals surface area contributed by atoms with E-state index in [9.17, 15) is 25.9 Å². The summed E-state index contributed by atoms with van der Waals surface area (Å²) in [5.74, 6) is -1.12. The highest BCUT2D eigenvalue weighted by Gasteiger charge is 2.14. The Morgan fingerprint density at radius 3 is 2.10 bits per heavy atom. The van der Waals surface area contributed by atoms with Gasteiger partial charge in [-0.3, -0.25) is 4.55 Å². The van der Waals surface area contributed by atoms with Crippen LogP contribution in [0.1, 0.15) is 11.1 Å². The van der Waals surface area contributed by atoms with Crippen LogP contribution in [0.5, 0.6) is 0 Å². The molecule has 0 atom stereocenters. The van der Waals surface area contributed by atoms with Crippen molar-refractivity contribution in [3.63, 3.8) is 0 Å². The van der Waals surface area contributed by atoms with Crippen molar-refractivity contribution < 1.29 is 25.9 Å². The Morgan fingerprint density at radius 2 is 1.43 bits per heavy atom. The van der Waals surface area contributed by atoms with Gasteiger partial charge in [0.25, 0.3) is 10.1 Å². The van der Waals surface area contributed by atoms with E-state index in [1.807, 2.05) is 24.3 Å². The Balaban J connectivity index is 1.93. The van der Waals surface area contributed by atoms with E-state index in [0.717, 1.165) is 16.3 Å². The third kappa shape index (κ3) is 4.49. The van der Waals surface area contributed by atoms with Crippen LogP contribution in [0.3, 0.4) is 0 Å². The van der Waals surface area contributed by atoms with Gasteiger partial charge in [-0.2, -0.15) is 8.42 Å². The van der Waals surface area contributed by atoms with Crippen LogP contribution >= 0.6 is 0 Å². The minimum absolute atomic E-state index is 0.367. The lowest BCUT2D eigenvalue weighted by Gasteiger charge is -2.12. The third-order valence-corrected chi connectivity index (χ3v) is 6.07. The van der Waals surface area contributed by atoms with Crippen molar-refractivity contribution >= 4 is 41.9 Å². The monoisotopic (exact) mass is 442 g/mol. The van der Waals surface area contributed by atoms with E-state index in [-0.39, 0.29) is 0 Å². The van der Waals surface area contributed by atoms with Gasteiger partial charge in [-0.05, 0) is 28.6 Å². The summed E-state index contributed by atoms with van der Waals surface area (Å²) in [7, 11) is -8.58. The van der Waals surface area contributed by atoms with E-state index in [0.29, 0.717) is 27.8 Å². The van der Waals surface area contributed by atoms with Gasteiger partial charge in [0.2, 0.25) is 0 Å². The molecule has 30 heavy (non-hydrogen) atoms. The highest BCUT2D eigenvalue weighted by atomic mass is 32.2. The summed E-state index contributed by atoms with van der Waals surface area (Å²) >= 11 is 0. The van der Waals surface area contributed by atoms with Crippen molar-refractivity contribution in [2.45, 2.75) is 11.5 Å². The van der Waals surface area contributed by atoms with Crippen LogP contribution in [-0.2, 0) is 31.7 Å². The van der Waals surface area contributed by atoms with Gasteiger partial charge < -0.3 is 4.55 Å². The van der Waals surface area contributed by atoms with Crippen LogP contribution < -0.4 is 0 Å². The van der Waals surface area contributed by atoms with Crippen molar-refractivity contribution in [2.75, 3.05) is 0 Å². The SMILES string of the molecule is O=S(=O)([O-])Cc1ccc(-c2nc3ccccc3c3ccc(CS(=O)(=O)O)cc23)cc1.